The van der Waals surface area contributed by atoms with E-state index in [0.717, 1.165) is 5.00 Å². The maximum atomic E-state index is 9.05. The summed E-state index contributed by atoms with van der Waals surface area (Å²) >= 11 is 1.39. The number of hydrogen-bond donors (Lipinski definition) is 2. The number of nitrogen functional groups attached to an aromatic ring is 1. The first-order valence-corrected chi connectivity index (χ1v) is 7.19. The molecule has 1 aliphatic rings. The summed E-state index contributed by atoms with van der Waals surface area (Å²) in [5.74, 6) is 0.651. The molecule has 0 bridgehead atoms. The number of nitrogens with one attached hydrogen (secondary N) is 1. The average molecular weight is 265 g/mol. The van der Waals surface area contributed by atoms with Crippen molar-refractivity contribution in [2.24, 2.45) is 0 Å². The molecule has 1 aromatic heterocycles. The van der Waals surface area contributed by atoms with Gasteiger partial charge in [0.2, 0.25) is 0 Å². The highest BCUT2D eigenvalue weighted by atomic mass is 32.1. The minimum absolute atomic E-state index is 0.0533. The Morgan fingerprint density at radius 2 is 2.11 bits per heavy atom. The van der Waals surface area contributed by atoms with Gasteiger partial charge in [0.05, 0.1) is 6.10 Å². The number of rotatable bonds is 4. The number of hydrogen-bond acceptors (Lipinski definition) is 5. The van der Waals surface area contributed by atoms with Gasteiger partial charge in [0.15, 0.2) is 5.75 Å². The fraction of sp³-hybridized carbons (Fsp3) is 0.615. The minimum atomic E-state index is 0.0533. The number of nitriles is 1. The zero-order valence-corrected chi connectivity index (χ0v) is 11.6. The molecule has 3 N–H and O–H groups in total. The second-order valence-corrected chi connectivity index (χ2v) is 5.93. The van der Waals surface area contributed by atoms with Crippen molar-refractivity contribution in [3.63, 3.8) is 0 Å². The second-order valence-electron chi connectivity index (χ2n) is 4.91. The first-order chi connectivity index (χ1) is 8.61. The second kappa shape index (κ2) is 5.49. The third-order valence-electron chi connectivity index (χ3n) is 3.05. The SMILES string of the molecule is CC(C)Oc1c(NC2CCCC2)sc(C#N)c1N. The molecule has 0 spiro atoms. The van der Waals surface area contributed by atoms with Gasteiger partial charge in [-0.05, 0) is 26.7 Å². The van der Waals surface area contributed by atoms with E-state index in [0.29, 0.717) is 22.4 Å². The van der Waals surface area contributed by atoms with E-state index in [9.17, 15) is 0 Å². The molecule has 5 heteroatoms. The molecule has 0 aromatic carbocycles. The van der Waals surface area contributed by atoms with Crippen molar-refractivity contribution in [3.8, 4) is 11.8 Å². The quantitative estimate of drug-likeness (QED) is 0.875. The molecule has 0 unspecified atom stereocenters. The van der Waals surface area contributed by atoms with Gasteiger partial charge in [0.1, 0.15) is 21.6 Å². The van der Waals surface area contributed by atoms with Crippen LogP contribution in [0.25, 0.3) is 0 Å². The molecule has 1 aromatic rings. The van der Waals surface area contributed by atoms with Gasteiger partial charge in [-0.25, -0.2) is 0 Å². The van der Waals surface area contributed by atoms with Gasteiger partial charge in [0.25, 0.3) is 0 Å². The van der Waals surface area contributed by atoms with Gasteiger partial charge in [-0.1, -0.05) is 12.8 Å². The van der Waals surface area contributed by atoms with E-state index >= 15 is 0 Å². The van der Waals surface area contributed by atoms with Gasteiger partial charge in [0, 0.05) is 6.04 Å². The van der Waals surface area contributed by atoms with E-state index in [2.05, 4.69) is 11.4 Å². The average Bonchev–Trinajstić information content (AvgIpc) is 2.91. The van der Waals surface area contributed by atoms with Crippen molar-refractivity contribution in [2.75, 3.05) is 11.1 Å². The van der Waals surface area contributed by atoms with Crippen LogP contribution in [0.15, 0.2) is 0 Å². The van der Waals surface area contributed by atoms with Crippen molar-refractivity contribution in [2.45, 2.75) is 51.7 Å². The summed E-state index contributed by atoms with van der Waals surface area (Å²) < 4.78 is 5.74. The van der Waals surface area contributed by atoms with Gasteiger partial charge >= 0.3 is 0 Å². The Morgan fingerprint density at radius 3 is 2.67 bits per heavy atom. The monoisotopic (exact) mass is 265 g/mol. The molecule has 1 fully saturated rings. The third-order valence-corrected chi connectivity index (χ3v) is 4.07. The molecule has 0 aliphatic heterocycles. The summed E-state index contributed by atoms with van der Waals surface area (Å²) in [6, 6.07) is 2.62. The number of nitrogens with two attached hydrogens (primary N) is 1. The van der Waals surface area contributed by atoms with Crippen molar-refractivity contribution >= 4 is 22.0 Å². The van der Waals surface area contributed by atoms with Crippen molar-refractivity contribution in [1.82, 2.24) is 0 Å². The molecular formula is C13H19N3OS. The third kappa shape index (κ3) is 2.70. The van der Waals surface area contributed by atoms with E-state index in [1.54, 1.807) is 0 Å². The molecule has 1 aliphatic carbocycles. The molecule has 1 saturated carbocycles. The molecular weight excluding hydrogens is 246 g/mol. The van der Waals surface area contributed by atoms with Crippen LogP contribution < -0.4 is 15.8 Å². The van der Waals surface area contributed by atoms with Crippen molar-refractivity contribution in [1.29, 1.82) is 5.26 Å². The van der Waals surface area contributed by atoms with Crippen LogP contribution in [-0.2, 0) is 0 Å². The highest BCUT2D eigenvalue weighted by Gasteiger charge is 2.22. The van der Waals surface area contributed by atoms with Gasteiger partial charge in [-0.3, -0.25) is 0 Å². The fourth-order valence-electron chi connectivity index (χ4n) is 2.22. The van der Waals surface area contributed by atoms with Crippen molar-refractivity contribution < 1.29 is 4.74 Å². The molecule has 0 amide bonds. The molecule has 0 saturated heterocycles. The summed E-state index contributed by atoms with van der Waals surface area (Å²) in [5.41, 5.74) is 6.43. The number of anilines is 2. The van der Waals surface area contributed by atoms with E-state index in [-0.39, 0.29) is 6.10 Å². The van der Waals surface area contributed by atoms with Crippen LogP contribution in [-0.4, -0.2) is 12.1 Å². The molecule has 18 heavy (non-hydrogen) atoms. The van der Waals surface area contributed by atoms with Crippen LogP contribution in [0, 0.1) is 11.3 Å². The molecule has 2 rings (SSSR count). The fourth-order valence-corrected chi connectivity index (χ4v) is 3.14. The first kappa shape index (κ1) is 13.0. The largest absolute Gasteiger partial charge is 0.486 e. The summed E-state index contributed by atoms with van der Waals surface area (Å²) in [7, 11) is 0. The Balaban J connectivity index is 2.23. The standard InChI is InChI=1S/C13H19N3OS/c1-8(2)17-12-11(15)10(7-14)18-13(12)16-9-5-3-4-6-9/h8-9,16H,3-6,15H2,1-2H3. The van der Waals surface area contributed by atoms with E-state index in [1.807, 2.05) is 13.8 Å². The van der Waals surface area contributed by atoms with Crippen LogP contribution in [0.5, 0.6) is 5.75 Å². The van der Waals surface area contributed by atoms with Crippen LogP contribution in [0.1, 0.15) is 44.4 Å². The molecule has 1 heterocycles. The first-order valence-electron chi connectivity index (χ1n) is 6.37. The number of nitrogens with zero attached hydrogens (tertiary/aromatic N) is 1. The lowest BCUT2D eigenvalue weighted by atomic mass is 10.2. The molecule has 0 atom stereocenters. The topological polar surface area (TPSA) is 71.1 Å². The highest BCUT2D eigenvalue weighted by Crippen LogP contribution is 2.43. The Hall–Kier alpha value is -1.41. The maximum Gasteiger partial charge on any atom is 0.178 e. The highest BCUT2D eigenvalue weighted by molar-refractivity contribution is 7.17. The van der Waals surface area contributed by atoms with Crippen LogP contribution >= 0.6 is 11.3 Å². The predicted octanol–water partition coefficient (Wildman–Crippen LogP) is 3.34. The van der Waals surface area contributed by atoms with E-state index in [1.165, 1.54) is 37.0 Å². The molecule has 0 radical (unpaired) electrons. The van der Waals surface area contributed by atoms with Gasteiger partial charge in [-0.15, -0.1) is 11.3 Å². The van der Waals surface area contributed by atoms with Gasteiger partial charge < -0.3 is 15.8 Å². The zero-order valence-electron chi connectivity index (χ0n) is 10.8. The number of ether oxygens (including phenoxy) is 1. The van der Waals surface area contributed by atoms with E-state index in [4.69, 9.17) is 15.7 Å². The Bertz CT molecular complexity index is 456. The lowest BCUT2D eigenvalue weighted by Gasteiger charge is -2.16. The smallest absolute Gasteiger partial charge is 0.178 e. The maximum absolute atomic E-state index is 9.05. The lowest BCUT2D eigenvalue weighted by Crippen LogP contribution is -2.15. The number of thiophene rings is 1. The zero-order chi connectivity index (χ0) is 13.1. The summed E-state index contributed by atoms with van der Waals surface area (Å²) in [6.07, 6.45) is 4.95. The van der Waals surface area contributed by atoms with Crippen LogP contribution in [0.2, 0.25) is 0 Å². The molecule has 4 nitrogen and oxygen atoms in total. The lowest BCUT2D eigenvalue weighted by molar-refractivity contribution is 0.246. The Kier molecular flexibility index (Phi) is 3.97. The Morgan fingerprint density at radius 1 is 1.44 bits per heavy atom. The van der Waals surface area contributed by atoms with E-state index < -0.39 is 0 Å². The molecule has 98 valence electrons. The Labute approximate surface area is 112 Å². The van der Waals surface area contributed by atoms with Crippen LogP contribution in [0.4, 0.5) is 10.7 Å². The summed E-state index contributed by atoms with van der Waals surface area (Å²) in [5, 5.41) is 13.4. The normalized spacial score (nSPS) is 15.9. The summed E-state index contributed by atoms with van der Waals surface area (Å²) in [4.78, 5) is 0.533. The minimum Gasteiger partial charge on any atom is -0.486 e. The van der Waals surface area contributed by atoms with Crippen LogP contribution in [0.3, 0.4) is 0 Å². The predicted molar refractivity (Wildman–Crippen MR) is 75.1 cm³/mol. The van der Waals surface area contributed by atoms with Gasteiger partial charge in [-0.2, -0.15) is 5.26 Å². The van der Waals surface area contributed by atoms with Crippen molar-refractivity contribution in [3.05, 3.63) is 4.88 Å². The summed E-state index contributed by atoms with van der Waals surface area (Å²) in [6.45, 7) is 3.92.